The summed E-state index contributed by atoms with van der Waals surface area (Å²) in [7, 11) is 0. The summed E-state index contributed by atoms with van der Waals surface area (Å²) in [6.45, 7) is 4.20. The van der Waals surface area contributed by atoms with E-state index >= 15 is 0 Å². The predicted molar refractivity (Wildman–Crippen MR) is 69.3 cm³/mol. The second-order valence-electron chi connectivity index (χ2n) is 3.83. The Morgan fingerprint density at radius 2 is 1.94 bits per heavy atom. The average Bonchev–Trinajstić information content (AvgIpc) is 2.71. The van der Waals surface area contributed by atoms with Crippen LogP contribution in [0, 0.1) is 6.92 Å². The van der Waals surface area contributed by atoms with Gasteiger partial charge in [-0.25, -0.2) is 0 Å². The lowest BCUT2D eigenvalue weighted by Gasteiger charge is -2.01. The fraction of sp³-hybridized carbons (Fsp3) is 0.214. The quantitative estimate of drug-likeness (QED) is 0.725. The molecule has 2 aromatic rings. The van der Waals surface area contributed by atoms with E-state index in [1.165, 1.54) is 21.6 Å². The zero-order valence-electron chi connectivity index (χ0n) is 9.49. The first-order valence-electron chi connectivity index (χ1n) is 5.39. The van der Waals surface area contributed by atoms with E-state index in [9.17, 15) is 4.79 Å². The van der Waals surface area contributed by atoms with E-state index in [-0.39, 0.29) is 0 Å². The molecule has 0 bridgehead atoms. The zero-order chi connectivity index (χ0) is 11.5. The molecule has 82 valence electrons. The predicted octanol–water partition coefficient (Wildman–Crippen LogP) is 4.10. The van der Waals surface area contributed by atoms with E-state index in [0.717, 1.165) is 17.6 Å². The molecule has 1 aromatic heterocycles. The lowest BCUT2D eigenvalue weighted by Crippen LogP contribution is -1.80. The second kappa shape index (κ2) is 4.62. The van der Waals surface area contributed by atoms with Crippen molar-refractivity contribution >= 4 is 17.6 Å². The van der Waals surface area contributed by atoms with Crippen LogP contribution in [0.4, 0.5) is 0 Å². The van der Waals surface area contributed by atoms with E-state index < -0.39 is 0 Å². The topological polar surface area (TPSA) is 17.1 Å². The van der Waals surface area contributed by atoms with Crippen molar-refractivity contribution in [1.82, 2.24) is 0 Å². The first kappa shape index (κ1) is 11.1. The van der Waals surface area contributed by atoms with Gasteiger partial charge in [0.1, 0.15) is 0 Å². The van der Waals surface area contributed by atoms with Crippen LogP contribution in [-0.4, -0.2) is 6.29 Å². The maximum atomic E-state index is 10.7. The van der Waals surface area contributed by atoms with Crippen LogP contribution < -0.4 is 0 Å². The minimum Gasteiger partial charge on any atom is -0.297 e. The molecule has 0 radical (unpaired) electrons. The summed E-state index contributed by atoms with van der Waals surface area (Å²) in [5, 5.41) is 0. The van der Waals surface area contributed by atoms with E-state index in [1.807, 2.05) is 13.0 Å². The molecule has 0 aliphatic rings. The monoisotopic (exact) mass is 230 g/mol. The molecule has 0 aliphatic heterocycles. The number of aldehydes is 1. The highest BCUT2D eigenvalue weighted by Gasteiger charge is 2.06. The van der Waals surface area contributed by atoms with Crippen LogP contribution >= 0.6 is 11.3 Å². The van der Waals surface area contributed by atoms with Crippen LogP contribution in [0.1, 0.15) is 27.7 Å². The zero-order valence-corrected chi connectivity index (χ0v) is 10.3. The molecule has 1 heterocycles. The molecule has 0 aliphatic carbocycles. The summed E-state index contributed by atoms with van der Waals surface area (Å²) in [5.74, 6) is 0. The Hall–Kier alpha value is -1.41. The third-order valence-electron chi connectivity index (χ3n) is 2.68. The first-order valence-corrected chi connectivity index (χ1v) is 6.21. The van der Waals surface area contributed by atoms with Crippen molar-refractivity contribution in [2.75, 3.05) is 0 Å². The van der Waals surface area contributed by atoms with Gasteiger partial charge in [0.2, 0.25) is 0 Å². The van der Waals surface area contributed by atoms with Crippen molar-refractivity contribution in [2.45, 2.75) is 20.3 Å². The summed E-state index contributed by atoms with van der Waals surface area (Å²) in [5.41, 5.74) is 3.72. The summed E-state index contributed by atoms with van der Waals surface area (Å²) < 4.78 is 0. The average molecular weight is 230 g/mol. The molecule has 2 rings (SSSR count). The highest BCUT2D eigenvalue weighted by molar-refractivity contribution is 7.17. The molecule has 0 N–H and O–H groups in total. The smallest absolute Gasteiger partial charge is 0.160 e. The van der Waals surface area contributed by atoms with Crippen LogP contribution in [0.5, 0.6) is 0 Å². The number of hydrogen-bond acceptors (Lipinski definition) is 2. The Kier molecular flexibility index (Phi) is 3.20. The molecule has 0 fully saturated rings. The summed E-state index contributed by atoms with van der Waals surface area (Å²) in [6.07, 6.45) is 1.98. The Balaban J connectivity index is 2.41. The molecule has 1 aromatic carbocycles. The largest absolute Gasteiger partial charge is 0.297 e. The number of thiophene rings is 1. The summed E-state index contributed by atoms with van der Waals surface area (Å²) in [6, 6.07) is 10.5. The van der Waals surface area contributed by atoms with Gasteiger partial charge in [0.25, 0.3) is 0 Å². The molecule has 0 unspecified atom stereocenters. The van der Waals surface area contributed by atoms with Gasteiger partial charge in [-0.1, -0.05) is 31.2 Å². The number of carbonyl (C=O) groups excluding carboxylic acids is 1. The van der Waals surface area contributed by atoms with Crippen molar-refractivity contribution in [3.63, 3.8) is 0 Å². The summed E-state index contributed by atoms with van der Waals surface area (Å²) >= 11 is 1.56. The van der Waals surface area contributed by atoms with Crippen molar-refractivity contribution < 1.29 is 4.79 Å². The maximum absolute atomic E-state index is 10.7. The van der Waals surface area contributed by atoms with Gasteiger partial charge in [-0.3, -0.25) is 4.79 Å². The normalized spacial score (nSPS) is 10.4. The van der Waals surface area contributed by atoms with Crippen molar-refractivity contribution in [3.8, 4) is 10.4 Å². The van der Waals surface area contributed by atoms with Crippen LogP contribution in [0.2, 0.25) is 0 Å². The third-order valence-corrected chi connectivity index (χ3v) is 3.89. The van der Waals surface area contributed by atoms with Crippen molar-refractivity contribution in [1.29, 1.82) is 0 Å². The van der Waals surface area contributed by atoms with Crippen molar-refractivity contribution in [2.24, 2.45) is 0 Å². The minimum atomic E-state index is 0.798. The first-order chi connectivity index (χ1) is 7.74. The van der Waals surface area contributed by atoms with Crippen LogP contribution in [0.3, 0.4) is 0 Å². The maximum Gasteiger partial charge on any atom is 0.160 e. The Morgan fingerprint density at radius 3 is 2.44 bits per heavy atom. The molecular formula is C14H14OS. The number of hydrogen-bond donors (Lipinski definition) is 0. The lowest BCUT2D eigenvalue weighted by molar-refractivity contribution is 0.112. The minimum absolute atomic E-state index is 0.798. The van der Waals surface area contributed by atoms with Gasteiger partial charge in [0, 0.05) is 4.88 Å². The Morgan fingerprint density at radius 1 is 1.25 bits per heavy atom. The van der Waals surface area contributed by atoms with Gasteiger partial charge in [-0.05, 0) is 36.1 Å². The van der Waals surface area contributed by atoms with E-state index in [4.69, 9.17) is 0 Å². The highest BCUT2D eigenvalue weighted by atomic mass is 32.1. The molecule has 1 nitrogen and oxygen atoms in total. The molecular weight excluding hydrogens is 216 g/mol. The Bertz CT molecular complexity index is 494. The number of aryl methyl sites for hydroxylation is 2. The second-order valence-corrected chi connectivity index (χ2v) is 4.91. The molecule has 0 saturated carbocycles. The number of carbonyl (C=O) groups is 1. The van der Waals surface area contributed by atoms with E-state index in [1.54, 1.807) is 11.3 Å². The molecule has 0 atom stereocenters. The van der Waals surface area contributed by atoms with Gasteiger partial charge >= 0.3 is 0 Å². The number of benzene rings is 1. The van der Waals surface area contributed by atoms with Gasteiger partial charge in [0.15, 0.2) is 6.29 Å². The van der Waals surface area contributed by atoms with Gasteiger partial charge in [-0.15, -0.1) is 11.3 Å². The fourth-order valence-electron chi connectivity index (χ4n) is 1.74. The van der Waals surface area contributed by atoms with E-state index in [2.05, 4.69) is 31.2 Å². The summed E-state index contributed by atoms with van der Waals surface area (Å²) in [4.78, 5) is 12.7. The molecule has 0 amide bonds. The molecule has 0 saturated heterocycles. The van der Waals surface area contributed by atoms with Crippen LogP contribution in [-0.2, 0) is 6.42 Å². The fourth-order valence-corrected chi connectivity index (χ4v) is 2.74. The highest BCUT2D eigenvalue weighted by Crippen LogP contribution is 2.31. The molecule has 0 spiro atoms. The molecule has 16 heavy (non-hydrogen) atoms. The standard InChI is InChI=1S/C14H14OS/c1-3-11-4-6-12(7-5-11)14-10(2)8-13(9-15)16-14/h4-9H,3H2,1-2H3. The van der Waals surface area contributed by atoms with Gasteiger partial charge in [0.05, 0.1) is 4.88 Å². The molecule has 2 heteroatoms. The van der Waals surface area contributed by atoms with Crippen LogP contribution in [0.15, 0.2) is 30.3 Å². The van der Waals surface area contributed by atoms with Gasteiger partial charge in [-0.2, -0.15) is 0 Å². The lowest BCUT2D eigenvalue weighted by atomic mass is 10.1. The SMILES string of the molecule is CCc1ccc(-c2sc(C=O)cc2C)cc1. The number of rotatable bonds is 3. The third kappa shape index (κ3) is 2.07. The van der Waals surface area contributed by atoms with E-state index in [0.29, 0.717) is 0 Å². The Labute approximate surface area is 99.8 Å². The van der Waals surface area contributed by atoms with Gasteiger partial charge < -0.3 is 0 Å². The van der Waals surface area contributed by atoms with Crippen molar-refractivity contribution in [3.05, 3.63) is 46.3 Å². The van der Waals surface area contributed by atoms with Crippen LogP contribution in [0.25, 0.3) is 10.4 Å².